The Bertz CT molecular complexity index is 1350. The van der Waals surface area contributed by atoms with Crippen LogP contribution in [0.3, 0.4) is 0 Å². The lowest BCUT2D eigenvalue weighted by atomic mass is 9.83. The summed E-state index contributed by atoms with van der Waals surface area (Å²) < 4.78 is 73.5. The number of nitrogens with zero attached hydrogens (tertiary/aromatic N) is 6. The van der Waals surface area contributed by atoms with Crippen LogP contribution >= 0.6 is 0 Å². The van der Waals surface area contributed by atoms with Gasteiger partial charge in [-0.2, -0.15) is 31.4 Å². The maximum atomic E-state index is 10.6. The number of alkyl halides is 6. The Labute approximate surface area is 235 Å². The Morgan fingerprint density at radius 3 is 1.98 bits per heavy atom. The molecule has 0 bridgehead atoms. The fraction of sp³-hybridized carbons (Fsp3) is 0.520. The van der Waals surface area contributed by atoms with E-state index in [2.05, 4.69) is 38.8 Å². The molecule has 0 atom stereocenters. The molecule has 17 heteroatoms. The highest BCUT2D eigenvalue weighted by atomic mass is 19.4. The molecule has 5 rings (SSSR count). The summed E-state index contributed by atoms with van der Waals surface area (Å²) in [4.78, 5) is 27.7. The predicted octanol–water partition coefficient (Wildman–Crippen LogP) is 3.89. The summed E-state index contributed by atoms with van der Waals surface area (Å²) in [6.45, 7) is 7.04. The lowest BCUT2D eigenvalue weighted by Crippen LogP contribution is -2.56. The molecule has 0 amide bonds. The van der Waals surface area contributed by atoms with Crippen LogP contribution in [0.1, 0.15) is 30.2 Å². The van der Waals surface area contributed by atoms with Gasteiger partial charge in [-0.15, -0.1) is 0 Å². The summed E-state index contributed by atoms with van der Waals surface area (Å²) in [7, 11) is 4.22. The zero-order chi connectivity index (χ0) is 31.5. The zero-order valence-corrected chi connectivity index (χ0v) is 22.9. The summed E-state index contributed by atoms with van der Waals surface area (Å²) >= 11 is 0. The highest BCUT2D eigenvalue weighted by Crippen LogP contribution is 2.41. The van der Waals surface area contributed by atoms with Gasteiger partial charge in [-0.25, -0.2) is 14.6 Å². The van der Waals surface area contributed by atoms with E-state index < -0.39 is 24.3 Å². The number of likely N-dealkylation sites (N-methyl/N-ethyl adjacent to an activating group) is 1. The van der Waals surface area contributed by atoms with Crippen LogP contribution in [0.4, 0.5) is 26.3 Å². The van der Waals surface area contributed by atoms with Crippen molar-refractivity contribution in [3.8, 4) is 11.3 Å². The number of hydrogen-bond donors (Lipinski definition) is 2. The Morgan fingerprint density at radius 1 is 0.952 bits per heavy atom. The number of aryl methyl sites for hydroxylation is 2. The number of imidazole rings is 1. The monoisotopic (exact) mass is 608 g/mol. The molecular weight excluding hydrogens is 578 g/mol. The molecule has 42 heavy (non-hydrogen) atoms. The smallest absolute Gasteiger partial charge is 0.475 e. The van der Waals surface area contributed by atoms with Crippen molar-refractivity contribution in [2.24, 2.45) is 7.05 Å². The highest BCUT2D eigenvalue weighted by Gasteiger charge is 2.46. The predicted molar refractivity (Wildman–Crippen MR) is 134 cm³/mol. The molecule has 0 unspecified atom stereocenters. The van der Waals surface area contributed by atoms with E-state index in [1.54, 1.807) is 0 Å². The summed E-state index contributed by atoms with van der Waals surface area (Å²) in [5.74, 6) is -2.25. The molecule has 1 fully saturated rings. The molecule has 2 N–H and O–H groups in total. The lowest BCUT2D eigenvalue weighted by molar-refractivity contribution is -0.193. The second-order valence-electron chi connectivity index (χ2n) is 9.87. The molecule has 3 aromatic heterocycles. The van der Waals surface area contributed by atoms with Crippen LogP contribution in [0.15, 0.2) is 35.1 Å². The van der Waals surface area contributed by atoms with Gasteiger partial charge in [0.15, 0.2) is 0 Å². The third kappa shape index (κ3) is 7.70. The van der Waals surface area contributed by atoms with E-state index in [1.165, 1.54) is 11.5 Å². The molecular formula is C25H30F6N6O5. The Morgan fingerprint density at radius 2 is 1.52 bits per heavy atom. The first-order valence-corrected chi connectivity index (χ1v) is 12.6. The van der Waals surface area contributed by atoms with Gasteiger partial charge in [0.2, 0.25) is 0 Å². The normalized spacial score (nSPS) is 17.1. The molecule has 0 aliphatic carbocycles. The van der Waals surface area contributed by atoms with E-state index in [4.69, 9.17) is 29.2 Å². The molecule has 2 aliphatic heterocycles. The van der Waals surface area contributed by atoms with Crippen molar-refractivity contribution >= 4 is 11.9 Å². The van der Waals surface area contributed by atoms with Crippen LogP contribution in [0, 0.1) is 6.92 Å². The van der Waals surface area contributed by atoms with E-state index >= 15 is 0 Å². The molecule has 0 aromatic carbocycles. The maximum Gasteiger partial charge on any atom is 0.490 e. The quantitative estimate of drug-likeness (QED) is 0.426. The van der Waals surface area contributed by atoms with Crippen molar-refractivity contribution < 1.29 is 50.6 Å². The number of carboxylic acid groups (broad SMARTS) is 2. The lowest BCUT2D eigenvalue weighted by Gasteiger charge is -2.49. The minimum Gasteiger partial charge on any atom is -0.475 e. The van der Waals surface area contributed by atoms with Crippen molar-refractivity contribution in [2.45, 2.75) is 50.7 Å². The molecule has 11 nitrogen and oxygen atoms in total. The molecule has 1 spiro atoms. The average molecular weight is 609 g/mol. The SMILES string of the molecule is Cc1ccc(CN2CCC3(CC2)c2ncc(-c4cnn(C)c4)n2CCN3C)o1.O=C(O)C(F)(F)F.O=C(O)C(F)(F)F. The van der Waals surface area contributed by atoms with E-state index in [1.807, 2.05) is 37.1 Å². The van der Waals surface area contributed by atoms with Crippen LogP contribution in [-0.2, 0) is 35.3 Å². The number of furan rings is 1. The Kier molecular flexibility index (Phi) is 9.77. The number of halogens is 6. The summed E-state index contributed by atoms with van der Waals surface area (Å²) in [6, 6.07) is 4.14. The number of hydrogen-bond acceptors (Lipinski definition) is 7. The Balaban J connectivity index is 0.000000289. The van der Waals surface area contributed by atoms with Crippen LogP contribution in [-0.4, -0.2) is 90.3 Å². The van der Waals surface area contributed by atoms with Gasteiger partial charge in [0, 0.05) is 45.0 Å². The van der Waals surface area contributed by atoms with Crippen molar-refractivity contribution in [3.63, 3.8) is 0 Å². The van der Waals surface area contributed by atoms with Crippen molar-refractivity contribution in [3.05, 3.63) is 48.1 Å². The van der Waals surface area contributed by atoms with Crippen LogP contribution in [0.25, 0.3) is 11.3 Å². The second kappa shape index (κ2) is 12.6. The summed E-state index contributed by atoms with van der Waals surface area (Å²) in [5.41, 5.74) is 2.35. The summed E-state index contributed by atoms with van der Waals surface area (Å²) in [6.07, 6.45) is -1.95. The fourth-order valence-corrected chi connectivity index (χ4v) is 4.87. The van der Waals surface area contributed by atoms with Crippen molar-refractivity contribution in [1.82, 2.24) is 29.1 Å². The van der Waals surface area contributed by atoms with Gasteiger partial charge in [-0.3, -0.25) is 14.5 Å². The number of fused-ring (bicyclic) bond motifs is 2. The van der Waals surface area contributed by atoms with Gasteiger partial charge < -0.3 is 19.2 Å². The van der Waals surface area contributed by atoms with E-state index in [9.17, 15) is 26.3 Å². The minimum atomic E-state index is -5.08. The van der Waals surface area contributed by atoms with Gasteiger partial charge in [0.05, 0.1) is 30.2 Å². The van der Waals surface area contributed by atoms with Gasteiger partial charge in [-0.05, 0) is 38.9 Å². The molecule has 2 aliphatic rings. The molecule has 232 valence electrons. The second-order valence-corrected chi connectivity index (χ2v) is 9.87. The summed E-state index contributed by atoms with van der Waals surface area (Å²) in [5, 5.41) is 18.6. The van der Waals surface area contributed by atoms with E-state index in [0.717, 1.165) is 62.6 Å². The van der Waals surface area contributed by atoms with Crippen LogP contribution in [0.2, 0.25) is 0 Å². The van der Waals surface area contributed by atoms with Crippen molar-refractivity contribution in [1.29, 1.82) is 0 Å². The van der Waals surface area contributed by atoms with E-state index in [-0.39, 0.29) is 5.54 Å². The molecule has 1 saturated heterocycles. The number of rotatable bonds is 3. The minimum absolute atomic E-state index is 0.0221. The number of aromatic nitrogens is 4. The van der Waals surface area contributed by atoms with Gasteiger partial charge >= 0.3 is 24.3 Å². The van der Waals surface area contributed by atoms with Crippen LogP contribution in [0.5, 0.6) is 0 Å². The standard InChI is InChI=1S/C21H28N6O.2C2HF3O2/c1-16-4-5-18(28-16)15-26-8-6-21(7-9-26)20-22-13-19(17-12-23-25(3)14-17)27(20)11-10-24(21)2;2*3-2(4,5)1(6)7/h4-5,12-14H,6-11,15H2,1-3H3;2*(H,6,7). The fourth-order valence-electron chi connectivity index (χ4n) is 4.87. The molecule has 0 radical (unpaired) electrons. The number of aliphatic carboxylic acids is 2. The topological polar surface area (TPSA) is 130 Å². The largest absolute Gasteiger partial charge is 0.490 e. The third-order valence-corrected chi connectivity index (χ3v) is 7.01. The van der Waals surface area contributed by atoms with Gasteiger partial charge in [0.25, 0.3) is 0 Å². The van der Waals surface area contributed by atoms with Crippen LogP contribution < -0.4 is 0 Å². The van der Waals surface area contributed by atoms with Gasteiger partial charge in [0.1, 0.15) is 17.3 Å². The third-order valence-electron chi connectivity index (χ3n) is 7.01. The zero-order valence-electron chi connectivity index (χ0n) is 22.9. The number of piperidine rings is 1. The Hall–Kier alpha value is -3.86. The molecule has 3 aromatic rings. The number of carboxylic acids is 2. The first-order chi connectivity index (χ1) is 19.4. The molecule has 0 saturated carbocycles. The van der Waals surface area contributed by atoms with E-state index in [0.29, 0.717) is 0 Å². The first kappa shape index (κ1) is 32.7. The first-order valence-electron chi connectivity index (χ1n) is 12.6. The number of carbonyl (C=O) groups is 2. The number of likely N-dealkylation sites (tertiary alicyclic amines) is 1. The van der Waals surface area contributed by atoms with Gasteiger partial charge in [-0.1, -0.05) is 0 Å². The molecule has 5 heterocycles. The maximum absolute atomic E-state index is 10.6. The highest BCUT2D eigenvalue weighted by molar-refractivity contribution is 5.73. The average Bonchev–Trinajstić information content (AvgIpc) is 3.62. The van der Waals surface area contributed by atoms with Crippen molar-refractivity contribution in [2.75, 3.05) is 26.7 Å².